The molecule has 1 aromatic carbocycles. The zero-order chi connectivity index (χ0) is 17.7. The van der Waals surface area contributed by atoms with Gasteiger partial charge in [-0.05, 0) is 68.7 Å². The van der Waals surface area contributed by atoms with Crippen molar-refractivity contribution >= 4 is 35.0 Å². The second-order valence-electron chi connectivity index (χ2n) is 6.77. The second kappa shape index (κ2) is 5.85. The molecular formula is C20H21N3OS. The first-order valence-corrected chi connectivity index (χ1v) is 8.97. The van der Waals surface area contributed by atoms with Crippen LogP contribution in [0, 0.1) is 13.8 Å². The van der Waals surface area contributed by atoms with E-state index in [2.05, 4.69) is 24.5 Å². The van der Waals surface area contributed by atoms with Gasteiger partial charge in [0.05, 0.1) is 5.69 Å². The lowest BCUT2D eigenvalue weighted by Crippen LogP contribution is -2.30. The van der Waals surface area contributed by atoms with E-state index >= 15 is 0 Å². The van der Waals surface area contributed by atoms with Crippen LogP contribution < -0.4 is 4.90 Å². The molecule has 0 unspecified atom stereocenters. The van der Waals surface area contributed by atoms with Crippen LogP contribution in [0.5, 0.6) is 0 Å². The van der Waals surface area contributed by atoms with E-state index in [1.807, 2.05) is 43.5 Å². The molecule has 25 heavy (non-hydrogen) atoms. The lowest BCUT2D eigenvalue weighted by molar-refractivity contribution is -0.114. The summed E-state index contributed by atoms with van der Waals surface area (Å²) < 4.78 is 2.39. The van der Waals surface area contributed by atoms with Crippen molar-refractivity contribution in [1.82, 2.24) is 9.47 Å². The summed E-state index contributed by atoms with van der Waals surface area (Å²) in [5.74, 6) is -0.0741. The molecule has 0 bridgehead atoms. The maximum absolute atomic E-state index is 13.0. The summed E-state index contributed by atoms with van der Waals surface area (Å²) in [6, 6.07) is 12.4. The number of carbonyl (C=O) groups is 1. The Morgan fingerprint density at radius 1 is 1.16 bits per heavy atom. The van der Waals surface area contributed by atoms with Crippen molar-refractivity contribution in [3.8, 4) is 0 Å². The number of likely N-dealkylation sites (N-methyl/N-ethyl adjacent to an activating group) is 1. The van der Waals surface area contributed by atoms with E-state index in [0.29, 0.717) is 16.9 Å². The van der Waals surface area contributed by atoms with Crippen molar-refractivity contribution in [3.63, 3.8) is 0 Å². The smallest absolute Gasteiger partial charge is 0.281 e. The minimum Gasteiger partial charge on any atom is -0.346 e. The predicted molar refractivity (Wildman–Crippen MR) is 104 cm³/mol. The number of amides is 1. The largest absolute Gasteiger partial charge is 0.346 e. The lowest BCUT2D eigenvalue weighted by atomic mass is 10.2. The molecule has 1 aliphatic heterocycles. The molecule has 1 saturated carbocycles. The Hall–Kier alpha value is -2.40. The van der Waals surface area contributed by atoms with Gasteiger partial charge in [0, 0.05) is 24.5 Å². The van der Waals surface area contributed by atoms with Crippen LogP contribution in [0.1, 0.15) is 35.8 Å². The zero-order valence-electron chi connectivity index (χ0n) is 14.7. The summed E-state index contributed by atoms with van der Waals surface area (Å²) >= 11 is 5.52. The number of para-hydroxylation sites is 1. The topological polar surface area (TPSA) is 28.5 Å². The van der Waals surface area contributed by atoms with Gasteiger partial charge in [0.2, 0.25) is 0 Å². The number of benzene rings is 1. The van der Waals surface area contributed by atoms with Crippen molar-refractivity contribution < 1.29 is 4.79 Å². The van der Waals surface area contributed by atoms with Crippen LogP contribution in [-0.2, 0) is 4.79 Å². The van der Waals surface area contributed by atoms with Crippen molar-refractivity contribution in [3.05, 3.63) is 59.0 Å². The molecule has 4 nitrogen and oxygen atoms in total. The molecule has 1 aromatic heterocycles. The molecule has 1 aliphatic carbocycles. The molecule has 4 rings (SSSR count). The summed E-state index contributed by atoms with van der Waals surface area (Å²) in [6.45, 7) is 4.26. The van der Waals surface area contributed by atoms with Gasteiger partial charge in [-0.25, -0.2) is 0 Å². The molecule has 2 fully saturated rings. The number of rotatable bonds is 3. The van der Waals surface area contributed by atoms with Crippen LogP contribution in [0.3, 0.4) is 0 Å². The molecule has 1 amide bonds. The van der Waals surface area contributed by atoms with E-state index in [0.717, 1.165) is 11.3 Å². The van der Waals surface area contributed by atoms with Gasteiger partial charge in [-0.1, -0.05) is 18.2 Å². The van der Waals surface area contributed by atoms with Gasteiger partial charge in [-0.15, -0.1) is 0 Å². The SMILES string of the molecule is Cc1cc(C=C2C(=O)N(c3ccccc3)C(=S)N2C)c(C)n1C1CC1. The van der Waals surface area contributed by atoms with E-state index in [1.54, 1.807) is 9.80 Å². The fourth-order valence-corrected chi connectivity index (χ4v) is 3.84. The molecule has 0 radical (unpaired) electrons. The minimum absolute atomic E-state index is 0.0741. The van der Waals surface area contributed by atoms with E-state index in [-0.39, 0.29) is 5.91 Å². The van der Waals surface area contributed by atoms with Gasteiger partial charge in [0.15, 0.2) is 5.11 Å². The van der Waals surface area contributed by atoms with Gasteiger partial charge in [-0.3, -0.25) is 9.69 Å². The number of aryl methyl sites for hydroxylation is 1. The molecule has 0 atom stereocenters. The number of thiocarbonyl (C=S) groups is 1. The first-order chi connectivity index (χ1) is 12.0. The van der Waals surface area contributed by atoms with Crippen molar-refractivity contribution in [2.24, 2.45) is 0 Å². The summed E-state index contributed by atoms with van der Waals surface area (Å²) in [5.41, 5.74) is 4.98. The van der Waals surface area contributed by atoms with Gasteiger partial charge >= 0.3 is 0 Å². The third-order valence-corrected chi connectivity index (χ3v) is 5.46. The number of aromatic nitrogens is 1. The molecule has 2 aromatic rings. The Balaban J connectivity index is 1.73. The molecule has 5 heteroatoms. The minimum atomic E-state index is -0.0741. The van der Waals surface area contributed by atoms with Crippen LogP contribution in [0.25, 0.3) is 6.08 Å². The Bertz CT molecular complexity index is 893. The number of hydrogen-bond acceptors (Lipinski definition) is 2. The predicted octanol–water partition coefficient (Wildman–Crippen LogP) is 4.04. The summed E-state index contributed by atoms with van der Waals surface area (Å²) in [4.78, 5) is 16.4. The Morgan fingerprint density at radius 3 is 2.48 bits per heavy atom. The van der Waals surface area contributed by atoms with Crippen LogP contribution in [0.2, 0.25) is 0 Å². The van der Waals surface area contributed by atoms with Crippen LogP contribution >= 0.6 is 12.2 Å². The van der Waals surface area contributed by atoms with E-state index in [1.165, 1.54) is 24.2 Å². The zero-order valence-corrected chi connectivity index (χ0v) is 15.5. The van der Waals surface area contributed by atoms with Gasteiger partial charge in [0.25, 0.3) is 5.91 Å². The highest BCUT2D eigenvalue weighted by Gasteiger charge is 2.37. The molecule has 2 heterocycles. The normalized spacial score (nSPS) is 19.4. The number of carbonyl (C=O) groups excluding carboxylic acids is 1. The van der Waals surface area contributed by atoms with E-state index in [4.69, 9.17) is 12.2 Å². The van der Waals surface area contributed by atoms with Crippen molar-refractivity contribution in [2.45, 2.75) is 32.7 Å². The molecule has 0 N–H and O–H groups in total. The van der Waals surface area contributed by atoms with Gasteiger partial charge in [-0.2, -0.15) is 0 Å². The third kappa shape index (κ3) is 2.59. The molecule has 2 aliphatic rings. The van der Waals surface area contributed by atoms with Crippen molar-refractivity contribution in [1.29, 1.82) is 0 Å². The molecule has 128 valence electrons. The second-order valence-corrected chi connectivity index (χ2v) is 7.14. The lowest BCUT2D eigenvalue weighted by Gasteiger charge is -2.16. The average Bonchev–Trinajstić information content (AvgIpc) is 3.35. The summed E-state index contributed by atoms with van der Waals surface area (Å²) in [6.07, 6.45) is 4.47. The highest BCUT2D eigenvalue weighted by atomic mass is 32.1. The molecule has 0 spiro atoms. The van der Waals surface area contributed by atoms with Crippen molar-refractivity contribution in [2.75, 3.05) is 11.9 Å². The van der Waals surface area contributed by atoms with Gasteiger partial charge in [0.1, 0.15) is 5.70 Å². The van der Waals surface area contributed by atoms with Crippen LogP contribution in [-0.4, -0.2) is 27.5 Å². The van der Waals surface area contributed by atoms with E-state index < -0.39 is 0 Å². The quantitative estimate of drug-likeness (QED) is 0.617. The fraction of sp³-hybridized carbons (Fsp3) is 0.300. The van der Waals surface area contributed by atoms with Crippen LogP contribution in [0.15, 0.2) is 42.1 Å². The number of hydrogen-bond donors (Lipinski definition) is 0. The monoisotopic (exact) mass is 351 g/mol. The fourth-order valence-electron chi connectivity index (χ4n) is 3.55. The Labute approximate surface area is 153 Å². The third-order valence-electron chi connectivity index (χ3n) is 5.00. The Morgan fingerprint density at radius 2 is 1.84 bits per heavy atom. The first-order valence-electron chi connectivity index (χ1n) is 8.56. The maximum atomic E-state index is 13.0. The Kier molecular flexibility index (Phi) is 3.76. The molecule has 1 saturated heterocycles. The van der Waals surface area contributed by atoms with E-state index in [9.17, 15) is 4.79 Å². The number of nitrogens with zero attached hydrogens (tertiary/aromatic N) is 3. The number of anilines is 1. The van der Waals surface area contributed by atoms with Gasteiger partial charge < -0.3 is 9.47 Å². The first kappa shape index (κ1) is 16.1. The summed E-state index contributed by atoms with van der Waals surface area (Å²) in [7, 11) is 1.86. The maximum Gasteiger partial charge on any atom is 0.281 e. The average molecular weight is 351 g/mol. The highest BCUT2D eigenvalue weighted by Crippen LogP contribution is 2.39. The highest BCUT2D eigenvalue weighted by molar-refractivity contribution is 7.80. The summed E-state index contributed by atoms with van der Waals surface area (Å²) in [5, 5.41) is 0.512. The standard InChI is InChI=1S/C20H21N3OS/c1-13-11-15(14(2)22(13)17-9-10-17)12-18-19(24)23(20(25)21(18)3)16-7-5-4-6-8-16/h4-8,11-12,17H,9-10H2,1-3H3. The molecular weight excluding hydrogens is 330 g/mol. The van der Waals surface area contributed by atoms with Crippen LogP contribution in [0.4, 0.5) is 5.69 Å².